The molecule has 0 fully saturated rings. The highest BCUT2D eigenvalue weighted by atomic mass is 79.9. The minimum atomic E-state index is 0.171. The molecule has 1 aliphatic heterocycles. The van der Waals surface area contributed by atoms with Gasteiger partial charge in [0.1, 0.15) is 0 Å². The number of nitrogens with zero attached hydrogens (tertiary/aromatic N) is 1. The van der Waals surface area contributed by atoms with Crippen molar-refractivity contribution in [1.82, 2.24) is 4.90 Å². The fourth-order valence-electron chi connectivity index (χ4n) is 2.06. The Bertz CT molecular complexity index is 426. The number of aryl methyl sites for hydroxylation is 1. The van der Waals surface area contributed by atoms with Crippen molar-refractivity contribution in [2.45, 2.75) is 33.4 Å². The lowest BCUT2D eigenvalue weighted by Crippen LogP contribution is -2.30. The molecule has 15 heavy (non-hydrogen) atoms. The molecule has 0 unspecified atom stereocenters. The van der Waals surface area contributed by atoms with E-state index in [0.717, 1.165) is 27.7 Å². The second-order valence-electron chi connectivity index (χ2n) is 4.28. The average Bonchev–Trinajstić information content (AvgIpc) is 2.42. The Morgan fingerprint density at radius 2 is 2.07 bits per heavy atom. The fourth-order valence-corrected chi connectivity index (χ4v) is 2.68. The van der Waals surface area contributed by atoms with E-state index in [1.807, 2.05) is 37.8 Å². The molecule has 1 amide bonds. The van der Waals surface area contributed by atoms with Crippen LogP contribution in [-0.2, 0) is 6.54 Å². The van der Waals surface area contributed by atoms with Crippen molar-refractivity contribution in [2.75, 3.05) is 0 Å². The number of carbonyl (C=O) groups is 1. The molecule has 0 spiro atoms. The normalized spacial score (nSPS) is 15.0. The lowest BCUT2D eigenvalue weighted by Gasteiger charge is -2.19. The largest absolute Gasteiger partial charge is 0.332 e. The van der Waals surface area contributed by atoms with E-state index in [2.05, 4.69) is 15.9 Å². The van der Waals surface area contributed by atoms with Gasteiger partial charge in [0.05, 0.1) is 0 Å². The Morgan fingerprint density at radius 3 is 2.67 bits per heavy atom. The molecule has 0 aliphatic carbocycles. The molecular formula is C12H14BrNO. The van der Waals surface area contributed by atoms with Crippen LogP contribution >= 0.6 is 15.9 Å². The lowest BCUT2D eigenvalue weighted by molar-refractivity contribution is 0.0730. The molecule has 0 N–H and O–H groups in total. The SMILES string of the molecule is Cc1cc(Br)cc2c1C(=O)N(C(C)C)C2. The second-order valence-corrected chi connectivity index (χ2v) is 5.20. The van der Waals surface area contributed by atoms with Gasteiger partial charge < -0.3 is 4.90 Å². The summed E-state index contributed by atoms with van der Waals surface area (Å²) >= 11 is 3.46. The summed E-state index contributed by atoms with van der Waals surface area (Å²) in [6, 6.07) is 4.31. The standard InChI is InChI=1S/C12H14BrNO/c1-7(2)14-6-9-5-10(13)4-8(3)11(9)12(14)15/h4-5,7H,6H2,1-3H3. The minimum Gasteiger partial charge on any atom is -0.332 e. The molecule has 0 atom stereocenters. The van der Waals surface area contributed by atoms with Gasteiger partial charge in [-0.05, 0) is 44.0 Å². The number of carbonyl (C=O) groups excluding carboxylic acids is 1. The summed E-state index contributed by atoms with van der Waals surface area (Å²) < 4.78 is 1.05. The van der Waals surface area contributed by atoms with Crippen LogP contribution in [0, 0.1) is 6.92 Å². The minimum absolute atomic E-state index is 0.171. The summed E-state index contributed by atoms with van der Waals surface area (Å²) in [5.41, 5.74) is 3.10. The average molecular weight is 268 g/mol. The van der Waals surface area contributed by atoms with Crippen molar-refractivity contribution in [3.8, 4) is 0 Å². The van der Waals surface area contributed by atoms with E-state index in [1.165, 1.54) is 0 Å². The van der Waals surface area contributed by atoms with E-state index >= 15 is 0 Å². The number of halogens is 1. The summed E-state index contributed by atoms with van der Waals surface area (Å²) in [7, 11) is 0. The summed E-state index contributed by atoms with van der Waals surface area (Å²) in [4.78, 5) is 14.0. The molecule has 3 heteroatoms. The van der Waals surface area contributed by atoms with Crippen LogP contribution in [-0.4, -0.2) is 16.8 Å². The molecule has 80 valence electrons. The first-order valence-corrected chi connectivity index (χ1v) is 5.90. The molecule has 0 saturated carbocycles. The maximum Gasteiger partial charge on any atom is 0.255 e. The van der Waals surface area contributed by atoms with E-state index < -0.39 is 0 Å². The predicted molar refractivity (Wildman–Crippen MR) is 63.9 cm³/mol. The molecule has 1 aromatic carbocycles. The van der Waals surface area contributed by atoms with Gasteiger partial charge in [-0.25, -0.2) is 0 Å². The third kappa shape index (κ3) is 1.69. The summed E-state index contributed by atoms with van der Waals surface area (Å²) in [5.74, 6) is 0.171. The summed E-state index contributed by atoms with van der Waals surface area (Å²) in [5, 5.41) is 0. The smallest absolute Gasteiger partial charge is 0.255 e. The summed E-state index contributed by atoms with van der Waals surface area (Å²) in [6.07, 6.45) is 0. The number of rotatable bonds is 1. The Labute approximate surface area is 98.4 Å². The molecular weight excluding hydrogens is 254 g/mol. The van der Waals surface area contributed by atoms with Crippen LogP contribution in [0.5, 0.6) is 0 Å². The molecule has 0 radical (unpaired) electrons. The first-order chi connectivity index (χ1) is 7.00. The number of benzene rings is 1. The van der Waals surface area contributed by atoms with E-state index in [4.69, 9.17) is 0 Å². The maximum absolute atomic E-state index is 12.1. The highest BCUT2D eigenvalue weighted by Gasteiger charge is 2.30. The van der Waals surface area contributed by atoms with Crippen molar-refractivity contribution >= 4 is 21.8 Å². The summed E-state index contributed by atoms with van der Waals surface area (Å²) in [6.45, 7) is 6.83. The van der Waals surface area contributed by atoms with Crippen LogP contribution in [0.4, 0.5) is 0 Å². The molecule has 0 aromatic heterocycles. The molecule has 1 heterocycles. The highest BCUT2D eigenvalue weighted by Crippen LogP contribution is 2.30. The van der Waals surface area contributed by atoms with Crippen LogP contribution in [0.3, 0.4) is 0 Å². The van der Waals surface area contributed by atoms with Gasteiger partial charge in [0.2, 0.25) is 0 Å². The second kappa shape index (κ2) is 3.63. The number of hydrogen-bond donors (Lipinski definition) is 0. The van der Waals surface area contributed by atoms with Crippen LogP contribution in [0.1, 0.15) is 35.3 Å². The molecule has 0 bridgehead atoms. The van der Waals surface area contributed by atoms with E-state index in [1.54, 1.807) is 0 Å². The molecule has 2 rings (SSSR count). The van der Waals surface area contributed by atoms with Gasteiger partial charge in [-0.1, -0.05) is 15.9 Å². The van der Waals surface area contributed by atoms with Gasteiger partial charge >= 0.3 is 0 Å². The van der Waals surface area contributed by atoms with Crippen LogP contribution in [0.25, 0.3) is 0 Å². The first kappa shape index (κ1) is 10.7. The zero-order valence-electron chi connectivity index (χ0n) is 9.17. The quantitative estimate of drug-likeness (QED) is 0.766. The monoisotopic (exact) mass is 267 g/mol. The van der Waals surface area contributed by atoms with E-state index in [9.17, 15) is 4.79 Å². The van der Waals surface area contributed by atoms with E-state index in [0.29, 0.717) is 0 Å². The van der Waals surface area contributed by atoms with Crippen molar-refractivity contribution in [3.63, 3.8) is 0 Å². The Morgan fingerprint density at radius 1 is 1.40 bits per heavy atom. The molecule has 1 aromatic rings. The van der Waals surface area contributed by atoms with Gasteiger partial charge in [0.25, 0.3) is 5.91 Å². The zero-order valence-corrected chi connectivity index (χ0v) is 10.8. The third-order valence-corrected chi connectivity index (χ3v) is 3.28. The van der Waals surface area contributed by atoms with Crippen molar-refractivity contribution < 1.29 is 4.79 Å². The predicted octanol–water partition coefficient (Wildman–Crippen LogP) is 3.12. The van der Waals surface area contributed by atoms with Gasteiger partial charge in [0, 0.05) is 22.6 Å². The van der Waals surface area contributed by atoms with Crippen molar-refractivity contribution in [3.05, 3.63) is 33.3 Å². The Balaban J connectivity index is 2.50. The van der Waals surface area contributed by atoms with Gasteiger partial charge in [-0.15, -0.1) is 0 Å². The Kier molecular flexibility index (Phi) is 2.59. The topological polar surface area (TPSA) is 20.3 Å². The maximum atomic E-state index is 12.1. The number of fused-ring (bicyclic) bond motifs is 1. The van der Waals surface area contributed by atoms with Gasteiger partial charge in [-0.3, -0.25) is 4.79 Å². The Hall–Kier alpha value is -0.830. The molecule has 1 aliphatic rings. The van der Waals surface area contributed by atoms with E-state index in [-0.39, 0.29) is 11.9 Å². The molecule has 2 nitrogen and oxygen atoms in total. The van der Waals surface area contributed by atoms with Crippen LogP contribution in [0.2, 0.25) is 0 Å². The molecule has 0 saturated heterocycles. The number of amides is 1. The van der Waals surface area contributed by atoms with Gasteiger partial charge in [-0.2, -0.15) is 0 Å². The van der Waals surface area contributed by atoms with Crippen molar-refractivity contribution in [1.29, 1.82) is 0 Å². The zero-order chi connectivity index (χ0) is 11.2. The van der Waals surface area contributed by atoms with Crippen LogP contribution < -0.4 is 0 Å². The van der Waals surface area contributed by atoms with Crippen LogP contribution in [0.15, 0.2) is 16.6 Å². The van der Waals surface area contributed by atoms with Crippen molar-refractivity contribution in [2.24, 2.45) is 0 Å². The highest BCUT2D eigenvalue weighted by molar-refractivity contribution is 9.10. The fraction of sp³-hybridized carbons (Fsp3) is 0.417. The lowest BCUT2D eigenvalue weighted by atomic mass is 10.0. The third-order valence-electron chi connectivity index (χ3n) is 2.82. The first-order valence-electron chi connectivity index (χ1n) is 5.10. The number of hydrogen-bond acceptors (Lipinski definition) is 1. The van der Waals surface area contributed by atoms with Gasteiger partial charge in [0.15, 0.2) is 0 Å².